The minimum absolute atomic E-state index is 0.362. The Morgan fingerprint density at radius 2 is 1.95 bits per heavy atom. The smallest absolute Gasteiger partial charge is 0.209 e. The number of aliphatic hydroxyl groups is 1. The summed E-state index contributed by atoms with van der Waals surface area (Å²) in [5.41, 5.74) is 0.853. The molecule has 1 saturated heterocycles. The van der Waals surface area contributed by atoms with Crippen LogP contribution in [-0.2, 0) is 19.4 Å². The van der Waals surface area contributed by atoms with Crippen molar-refractivity contribution in [2.45, 2.75) is 25.7 Å². The minimum atomic E-state index is -1.78. The lowest BCUT2D eigenvalue weighted by Gasteiger charge is -2.19. The first-order chi connectivity index (χ1) is 9.42. The zero-order valence-corrected chi connectivity index (χ0v) is 11.3. The Kier molecular flexibility index (Phi) is 4.13. The van der Waals surface area contributed by atoms with E-state index in [1.54, 1.807) is 6.08 Å². The monoisotopic (exact) mass is 276 g/mol. The zero-order chi connectivity index (χ0) is 14.8. The zero-order valence-electron chi connectivity index (χ0n) is 11.3. The van der Waals surface area contributed by atoms with E-state index in [1.807, 2.05) is 30.3 Å². The van der Waals surface area contributed by atoms with Crippen molar-refractivity contribution in [1.29, 1.82) is 0 Å². The van der Waals surface area contributed by atoms with Crippen LogP contribution < -0.4 is 0 Å². The molecule has 1 heterocycles. The number of hydrogen-bond acceptors (Lipinski definition) is 5. The van der Waals surface area contributed by atoms with Gasteiger partial charge in [-0.15, -0.1) is 0 Å². The van der Waals surface area contributed by atoms with Crippen LogP contribution in [0.1, 0.15) is 19.4 Å². The van der Waals surface area contributed by atoms with Crippen molar-refractivity contribution < 1.29 is 24.5 Å². The van der Waals surface area contributed by atoms with Gasteiger partial charge >= 0.3 is 0 Å². The van der Waals surface area contributed by atoms with Gasteiger partial charge in [0.2, 0.25) is 5.79 Å². The number of benzene rings is 1. The van der Waals surface area contributed by atoms with Crippen LogP contribution in [0.25, 0.3) is 6.08 Å². The van der Waals surface area contributed by atoms with Crippen LogP contribution in [0, 0.1) is 5.92 Å². The molecule has 1 aromatic carbocycles. The van der Waals surface area contributed by atoms with E-state index in [2.05, 4.69) is 4.89 Å². The van der Waals surface area contributed by atoms with Gasteiger partial charge in [-0.25, -0.2) is 4.89 Å². The van der Waals surface area contributed by atoms with E-state index < -0.39 is 23.6 Å². The Hall–Kier alpha value is -1.82. The highest BCUT2D eigenvalue weighted by molar-refractivity contribution is 6.00. The molecule has 0 spiro atoms. The van der Waals surface area contributed by atoms with Crippen molar-refractivity contribution in [1.82, 2.24) is 0 Å². The normalized spacial score (nSPS) is 29.8. The fraction of sp³-hybridized carbons (Fsp3) is 0.333. The molecule has 2 rings (SSSR count). The van der Waals surface area contributed by atoms with Crippen LogP contribution >= 0.6 is 0 Å². The first-order valence-electron chi connectivity index (χ1n) is 6.26. The predicted molar refractivity (Wildman–Crippen MR) is 71.2 cm³/mol. The number of carbonyl (C=O) groups is 2. The number of carbonyl (C=O) groups excluding carboxylic acids is 2. The molecule has 0 radical (unpaired) electrons. The Balaban J connectivity index is 2.13. The Bertz CT molecular complexity index is 532. The van der Waals surface area contributed by atoms with Crippen molar-refractivity contribution >= 4 is 17.6 Å². The Morgan fingerprint density at radius 3 is 2.55 bits per heavy atom. The molecular weight excluding hydrogens is 260 g/mol. The average molecular weight is 276 g/mol. The lowest BCUT2D eigenvalue weighted by molar-refractivity contribution is -0.369. The predicted octanol–water partition coefficient (Wildman–Crippen LogP) is 1.51. The highest BCUT2D eigenvalue weighted by Crippen LogP contribution is 2.33. The Labute approximate surface area is 116 Å². The summed E-state index contributed by atoms with van der Waals surface area (Å²) >= 11 is 0. The standard InChI is InChI=1S/C15H16O5/c1-10(16)13-14(19-20-15(13,2)18)12(17)9-8-11-6-4-3-5-7-11/h3-9,13-14,18H,1-2H3/b9-8+. The van der Waals surface area contributed by atoms with Crippen LogP contribution in [0.2, 0.25) is 0 Å². The molecule has 0 amide bonds. The van der Waals surface area contributed by atoms with Crippen molar-refractivity contribution in [3.8, 4) is 0 Å². The number of hydrogen-bond donors (Lipinski definition) is 1. The van der Waals surface area contributed by atoms with Crippen LogP contribution in [0.15, 0.2) is 36.4 Å². The van der Waals surface area contributed by atoms with E-state index in [1.165, 1.54) is 19.9 Å². The summed E-state index contributed by atoms with van der Waals surface area (Å²) in [6.45, 7) is 2.59. The summed E-state index contributed by atoms with van der Waals surface area (Å²) in [6.07, 6.45) is 1.82. The summed E-state index contributed by atoms with van der Waals surface area (Å²) < 4.78 is 0. The maximum atomic E-state index is 12.1. The van der Waals surface area contributed by atoms with Crippen molar-refractivity contribution in [3.63, 3.8) is 0 Å². The van der Waals surface area contributed by atoms with Gasteiger partial charge in [-0.05, 0) is 25.5 Å². The third kappa shape index (κ3) is 3.01. The summed E-state index contributed by atoms with van der Waals surface area (Å²) in [4.78, 5) is 33.1. The first-order valence-corrected chi connectivity index (χ1v) is 6.26. The lowest BCUT2D eigenvalue weighted by Crippen LogP contribution is -2.42. The third-order valence-electron chi connectivity index (χ3n) is 3.16. The van der Waals surface area contributed by atoms with Gasteiger partial charge in [0.1, 0.15) is 11.7 Å². The quantitative estimate of drug-likeness (QED) is 0.666. The number of Topliss-reactive ketones (excluding diaryl/α,β-unsaturated/α-hetero) is 1. The molecule has 1 fully saturated rings. The molecule has 20 heavy (non-hydrogen) atoms. The maximum absolute atomic E-state index is 12.1. The molecular formula is C15H16O5. The van der Waals surface area contributed by atoms with Crippen LogP contribution in [-0.4, -0.2) is 28.6 Å². The highest BCUT2D eigenvalue weighted by Gasteiger charge is 2.52. The van der Waals surface area contributed by atoms with Gasteiger partial charge in [-0.1, -0.05) is 36.4 Å². The average Bonchev–Trinajstić information content (AvgIpc) is 2.73. The molecule has 3 unspecified atom stereocenters. The first kappa shape index (κ1) is 14.6. The molecule has 1 aliphatic heterocycles. The van der Waals surface area contributed by atoms with Crippen LogP contribution in [0.4, 0.5) is 0 Å². The van der Waals surface area contributed by atoms with Gasteiger partial charge in [0.15, 0.2) is 11.9 Å². The molecule has 1 aromatic rings. The molecule has 1 N–H and O–H groups in total. The Morgan fingerprint density at radius 1 is 1.30 bits per heavy atom. The summed E-state index contributed by atoms with van der Waals surface area (Å²) in [7, 11) is 0. The van der Waals surface area contributed by atoms with Gasteiger partial charge in [-0.2, -0.15) is 4.89 Å². The minimum Gasteiger partial charge on any atom is -0.363 e. The number of ketones is 2. The van der Waals surface area contributed by atoms with E-state index in [9.17, 15) is 14.7 Å². The largest absolute Gasteiger partial charge is 0.363 e. The molecule has 1 aliphatic rings. The van der Waals surface area contributed by atoms with Gasteiger partial charge in [-0.3, -0.25) is 9.59 Å². The van der Waals surface area contributed by atoms with E-state index >= 15 is 0 Å². The van der Waals surface area contributed by atoms with Crippen molar-refractivity contribution in [2.24, 2.45) is 5.92 Å². The van der Waals surface area contributed by atoms with E-state index in [4.69, 9.17) is 4.89 Å². The highest BCUT2D eigenvalue weighted by atomic mass is 17.2. The number of rotatable bonds is 4. The van der Waals surface area contributed by atoms with Crippen LogP contribution in [0.3, 0.4) is 0 Å². The van der Waals surface area contributed by atoms with Gasteiger partial charge < -0.3 is 5.11 Å². The summed E-state index contributed by atoms with van der Waals surface area (Å²) in [6, 6.07) is 9.25. The summed E-state index contributed by atoms with van der Waals surface area (Å²) in [5, 5.41) is 9.88. The molecule has 0 aliphatic carbocycles. The topological polar surface area (TPSA) is 72.8 Å². The second-order valence-corrected chi connectivity index (χ2v) is 4.89. The van der Waals surface area contributed by atoms with E-state index in [0.29, 0.717) is 0 Å². The molecule has 0 bridgehead atoms. The van der Waals surface area contributed by atoms with Crippen molar-refractivity contribution in [2.75, 3.05) is 0 Å². The van der Waals surface area contributed by atoms with Crippen molar-refractivity contribution in [3.05, 3.63) is 42.0 Å². The molecule has 5 heteroatoms. The van der Waals surface area contributed by atoms with Crippen LogP contribution in [0.5, 0.6) is 0 Å². The second kappa shape index (κ2) is 5.66. The summed E-state index contributed by atoms with van der Waals surface area (Å²) in [5.74, 6) is -3.60. The SMILES string of the molecule is CC(=O)C1C(C(=O)/C=C/c2ccccc2)OOC1(C)O. The molecule has 106 valence electrons. The third-order valence-corrected chi connectivity index (χ3v) is 3.16. The second-order valence-electron chi connectivity index (χ2n) is 4.89. The van der Waals surface area contributed by atoms with E-state index in [0.717, 1.165) is 5.56 Å². The van der Waals surface area contributed by atoms with E-state index in [-0.39, 0.29) is 5.78 Å². The van der Waals surface area contributed by atoms with Gasteiger partial charge in [0.25, 0.3) is 0 Å². The maximum Gasteiger partial charge on any atom is 0.209 e. The molecule has 3 atom stereocenters. The molecule has 0 saturated carbocycles. The fourth-order valence-electron chi connectivity index (χ4n) is 2.18. The lowest BCUT2D eigenvalue weighted by atomic mass is 9.88. The fourth-order valence-corrected chi connectivity index (χ4v) is 2.18. The molecule has 0 aromatic heterocycles. The van der Waals surface area contributed by atoms with Gasteiger partial charge in [0, 0.05) is 0 Å². The van der Waals surface area contributed by atoms with Gasteiger partial charge in [0.05, 0.1) is 0 Å². The molecule has 5 nitrogen and oxygen atoms in total.